The molecule has 0 aliphatic heterocycles. The van der Waals surface area contributed by atoms with Gasteiger partial charge in [-0.2, -0.15) is 0 Å². The minimum absolute atomic E-state index is 0. The zero-order chi connectivity index (χ0) is 5.82. The van der Waals surface area contributed by atoms with Crippen LogP contribution in [0.15, 0.2) is 24.4 Å². The second-order valence-electron chi connectivity index (χ2n) is 1.37. The molecule has 0 unspecified atom stereocenters. The van der Waals surface area contributed by atoms with E-state index in [1.165, 1.54) is 0 Å². The maximum absolute atomic E-state index is 9.94. The molecule has 1 heterocycles. The molecule has 0 fully saturated rings. The molecule has 0 atom stereocenters. The summed E-state index contributed by atoms with van der Waals surface area (Å²) in [6, 6.07) is 5.21. The van der Waals surface area contributed by atoms with Crippen molar-refractivity contribution in [1.29, 1.82) is 0 Å². The van der Waals surface area contributed by atoms with Crippen molar-refractivity contribution in [3.8, 4) is 0 Å². The van der Waals surface area contributed by atoms with Crippen molar-refractivity contribution >= 4 is 6.29 Å². The molecule has 3 nitrogen and oxygen atoms in total. The molecule has 0 saturated heterocycles. The maximum atomic E-state index is 9.94. The number of nitrogens with zero attached hydrogens (tertiary/aromatic N) is 1. The Morgan fingerprint density at radius 2 is 2.22 bits per heavy atom. The molecule has 3 heteroatoms. The molecule has 9 heavy (non-hydrogen) atoms. The quantitative estimate of drug-likeness (QED) is 0.569. The van der Waals surface area contributed by atoms with Gasteiger partial charge in [0, 0.05) is 6.20 Å². The maximum Gasteiger partial charge on any atom is 0.168 e. The summed E-state index contributed by atoms with van der Waals surface area (Å²) in [7, 11) is 0. The molecular formula is C6H8N2O. The van der Waals surface area contributed by atoms with Gasteiger partial charge in [-0.1, -0.05) is 6.07 Å². The first kappa shape index (κ1) is 7.78. The number of hydrogen-bond acceptors (Lipinski definition) is 3. The Morgan fingerprint density at radius 3 is 2.56 bits per heavy atom. The van der Waals surface area contributed by atoms with E-state index in [0.717, 1.165) is 6.29 Å². The largest absolute Gasteiger partial charge is 0.344 e. The van der Waals surface area contributed by atoms with E-state index in [1.54, 1.807) is 24.4 Å². The Morgan fingerprint density at radius 1 is 1.44 bits per heavy atom. The van der Waals surface area contributed by atoms with Gasteiger partial charge in [0.15, 0.2) is 6.29 Å². The fraction of sp³-hybridized carbons (Fsp3) is 0. The Bertz CT molecular complexity index is 174. The average molecular weight is 124 g/mol. The molecule has 0 saturated carbocycles. The second-order valence-corrected chi connectivity index (χ2v) is 1.37. The van der Waals surface area contributed by atoms with Gasteiger partial charge in [-0.15, -0.1) is 0 Å². The normalized spacial score (nSPS) is 7.56. The van der Waals surface area contributed by atoms with Gasteiger partial charge >= 0.3 is 0 Å². The lowest BCUT2D eigenvalue weighted by molar-refractivity contribution is 0.111. The van der Waals surface area contributed by atoms with Crippen LogP contribution in [0.5, 0.6) is 0 Å². The van der Waals surface area contributed by atoms with Crippen LogP contribution < -0.4 is 6.15 Å². The molecule has 0 aliphatic rings. The second kappa shape index (κ2) is 3.74. The summed E-state index contributed by atoms with van der Waals surface area (Å²) in [6.45, 7) is 0. The molecule has 0 aliphatic carbocycles. The van der Waals surface area contributed by atoms with E-state index in [0.29, 0.717) is 5.69 Å². The van der Waals surface area contributed by atoms with E-state index in [4.69, 9.17) is 0 Å². The molecule has 1 aromatic heterocycles. The van der Waals surface area contributed by atoms with Gasteiger partial charge in [0.1, 0.15) is 5.69 Å². The summed E-state index contributed by atoms with van der Waals surface area (Å²) >= 11 is 0. The summed E-state index contributed by atoms with van der Waals surface area (Å²) < 4.78 is 0. The third kappa shape index (κ3) is 2.01. The number of hydrogen-bond donors (Lipinski definition) is 1. The highest BCUT2D eigenvalue weighted by atomic mass is 16.1. The standard InChI is InChI=1S/C6H5NO.H3N/c8-5-6-3-1-2-4-7-6;/h1-5H;1H3. The van der Waals surface area contributed by atoms with Crippen LogP contribution in [-0.4, -0.2) is 11.3 Å². The van der Waals surface area contributed by atoms with Crippen molar-refractivity contribution < 1.29 is 4.79 Å². The van der Waals surface area contributed by atoms with Crippen LogP contribution in [0.2, 0.25) is 0 Å². The fourth-order valence-electron chi connectivity index (χ4n) is 0.446. The third-order valence-electron chi connectivity index (χ3n) is 0.809. The van der Waals surface area contributed by atoms with Crippen LogP contribution in [0.25, 0.3) is 0 Å². The molecule has 48 valence electrons. The Balaban J connectivity index is 0.000000640. The van der Waals surface area contributed by atoms with Gasteiger partial charge < -0.3 is 6.15 Å². The lowest BCUT2D eigenvalue weighted by Gasteiger charge is -1.81. The first-order chi connectivity index (χ1) is 3.93. The highest BCUT2D eigenvalue weighted by molar-refractivity contribution is 5.71. The fourth-order valence-corrected chi connectivity index (χ4v) is 0.446. The van der Waals surface area contributed by atoms with Gasteiger partial charge in [-0.25, -0.2) is 0 Å². The van der Waals surface area contributed by atoms with Crippen molar-refractivity contribution in [2.75, 3.05) is 0 Å². The molecule has 0 radical (unpaired) electrons. The van der Waals surface area contributed by atoms with E-state index in [9.17, 15) is 4.79 Å². The zero-order valence-electron chi connectivity index (χ0n) is 4.95. The van der Waals surface area contributed by atoms with Gasteiger partial charge in [0.05, 0.1) is 0 Å². The zero-order valence-corrected chi connectivity index (χ0v) is 4.95. The first-order valence-electron chi connectivity index (χ1n) is 2.29. The van der Waals surface area contributed by atoms with E-state index in [1.807, 2.05) is 0 Å². The van der Waals surface area contributed by atoms with Gasteiger partial charge in [0.25, 0.3) is 0 Å². The van der Waals surface area contributed by atoms with Crippen LogP contribution in [0, 0.1) is 0 Å². The molecule has 3 N–H and O–H groups in total. The average Bonchev–Trinajstić information content (AvgIpc) is 1.90. The Hall–Kier alpha value is -1.22. The monoisotopic (exact) mass is 124 g/mol. The molecule has 1 rings (SSSR count). The van der Waals surface area contributed by atoms with E-state index >= 15 is 0 Å². The number of rotatable bonds is 1. The highest BCUT2D eigenvalue weighted by Gasteiger charge is 1.81. The topological polar surface area (TPSA) is 65.0 Å². The minimum Gasteiger partial charge on any atom is -0.344 e. The minimum atomic E-state index is 0. The van der Waals surface area contributed by atoms with Crippen molar-refractivity contribution in [3.05, 3.63) is 30.1 Å². The van der Waals surface area contributed by atoms with Crippen molar-refractivity contribution in [2.45, 2.75) is 0 Å². The van der Waals surface area contributed by atoms with Crippen LogP contribution in [0.4, 0.5) is 0 Å². The molecule has 0 aromatic carbocycles. The van der Waals surface area contributed by atoms with Gasteiger partial charge in [-0.05, 0) is 12.1 Å². The summed E-state index contributed by atoms with van der Waals surface area (Å²) in [6.07, 6.45) is 2.31. The lowest BCUT2D eigenvalue weighted by atomic mass is 10.4. The van der Waals surface area contributed by atoms with E-state index in [2.05, 4.69) is 4.98 Å². The molecular weight excluding hydrogens is 116 g/mol. The summed E-state index contributed by atoms with van der Waals surface area (Å²) in [5, 5.41) is 0. The van der Waals surface area contributed by atoms with Gasteiger partial charge in [0.2, 0.25) is 0 Å². The number of aromatic nitrogens is 1. The van der Waals surface area contributed by atoms with Gasteiger partial charge in [-0.3, -0.25) is 9.78 Å². The predicted octanol–water partition coefficient (Wildman–Crippen LogP) is 1.06. The molecule has 1 aromatic rings. The lowest BCUT2D eigenvalue weighted by Crippen LogP contribution is -1.80. The number of pyridine rings is 1. The van der Waals surface area contributed by atoms with Crippen LogP contribution >= 0.6 is 0 Å². The summed E-state index contributed by atoms with van der Waals surface area (Å²) in [4.78, 5) is 13.7. The van der Waals surface area contributed by atoms with E-state index < -0.39 is 0 Å². The van der Waals surface area contributed by atoms with Crippen LogP contribution in [0.3, 0.4) is 0 Å². The van der Waals surface area contributed by atoms with Crippen molar-refractivity contribution in [2.24, 2.45) is 0 Å². The molecule has 0 spiro atoms. The SMILES string of the molecule is N.O=Cc1ccccn1. The molecule has 0 amide bonds. The Labute approximate surface area is 53.3 Å². The number of aldehydes is 1. The third-order valence-corrected chi connectivity index (χ3v) is 0.809. The number of carbonyl (C=O) groups is 1. The first-order valence-corrected chi connectivity index (χ1v) is 2.29. The molecule has 0 bridgehead atoms. The van der Waals surface area contributed by atoms with Crippen molar-refractivity contribution in [1.82, 2.24) is 11.1 Å². The predicted molar refractivity (Wildman–Crippen MR) is 34.6 cm³/mol. The highest BCUT2D eigenvalue weighted by Crippen LogP contribution is 1.85. The van der Waals surface area contributed by atoms with Crippen molar-refractivity contribution in [3.63, 3.8) is 0 Å². The Kier molecular flexibility index (Phi) is 3.23. The summed E-state index contributed by atoms with van der Waals surface area (Å²) in [5.41, 5.74) is 0.479. The summed E-state index contributed by atoms with van der Waals surface area (Å²) in [5.74, 6) is 0. The number of carbonyl (C=O) groups excluding carboxylic acids is 1. The van der Waals surface area contributed by atoms with Crippen LogP contribution in [-0.2, 0) is 0 Å². The van der Waals surface area contributed by atoms with E-state index in [-0.39, 0.29) is 6.15 Å². The van der Waals surface area contributed by atoms with Crippen LogP contribution in [0.1, 0.15) is 10.5 Å². The smallest absolute Gasteiger partial charge is 0.168 e.